The molecule has 0 amide bonds. The molecule has 0 saturated heterocycles. The monoisotopic (exact) mass is 280 g/mol. The van der Waals surface area contributed by atoms with Crippen LogP contribution >= 0.6 is 0 Å². The van der Waals surface area contributed by atoms with Gasteiger partial charge in [0, 0.05) is 6.61 Å². The smallest absolute Gasteiger partial charge is 0.392 e. The summed E-state index contributed by atoms with van der Waals surface area (Å²) in [4.78, 5) is 0. The fourth-order valence-corrected chi connectivity index (χ4v) is 3.38. The molecule has 3 heteroatoms. The second-order valence-corrected chi connectivity index (χ2v) is 9.38. The van der Waals surface area contributed by atoms with Gasteiger partial charge in [0.2, 0.25) is 0 Å². The summed E-state index contributed by atoms with van der Waals surface area (Å²) in [6, 6.07) is 6.19. The summed E-state index contributed by atoms with van der Waals surface area (Å²) in [5.41, 5.74) is 2.48. The van der Waals surface area contributed by atoms with E-state index < -0.39 is 8.56 Å². The van der Waals surface area contributed by atoms with Crippen LogP contribution in [0.25, 0.3) is 0 Å². The van der Waals surface area contributed by atoms with Gasteiger partial charge in [0.25, 0.3) is 0 Å². The number of hydrogen-bond acceptors (Lipinski definition) is 2. The predicted molar refractivity (Wildman–Crippen MR) is 84.1 cm³/mol. The molecule has 19 heavy (non-hydrogen) atoms. The average Bonchev–Trinajstić information content (AvgIpc) is 2.30. The van der Waals surface area contributed by atoms with Crippen molar-refractivity contribution in [3.63, 3.8) is 0 Å². The third-order valence-corrected chi connectivity index (χ3v) is 4.90. The first-order valence-corrected chi connectivity index (χ1v) is 10.0. The van der Waals surface area contributed by atoms with Gasteiger partial charge in [0.15, 0.2) is 0 Å². The summed E-state index contributed by atoms with van der Waals surface area (Å²) in [5.74, 6) is 1.72. The summed E-state index contributed by atoms with van der Waals surface area (Å²) in [6.07, 6.45) is 2.33. The predicted octanol–water partition coefficient (Wildman–Crippen LogP) is 4.84. The Labute approximate surface area is 119 Å². The zero-order chi connectivity index (χ0) is 14.5. The van der Waals surface area contributed by atoms with Crippen LogP contribution in [0.5, 0.6) is 5.75 Å². The lowest BCUT2D eigenvalue weighted by atomic mass is 10.1. The Balaban J connectivity index is 2.51. The molecule has 0 spiro atoms. The third-order valence-electron chi connectivity index (χ3n) is 3.29. The van der Waals surface area contributed by atoms with E-state index >= 15 is 0 Å². The Morgan fingerprint density at radius 2 is 1.84 bits per heavy atom. The van der Waals surface area contributed by atoms with Crippen LogP contribution in [-0.2, 0) is 4.43 Å². The minimum atomic E-state index is -2.07. The molecule has 0 atom stereocenters. The zero-order valence-corrected chi connectivity index (χ0v) is 14.2. The van der Waals surface area contributed by atoms with Gasteiger partial charge in [-0.3, -0.25) is 0 Å². The van der Waals surface area contributed by atoms with Gasteiger partial charge in [-0.05, 0) is 62.9 Å². The van der Waals surface area contributed by atoms with Crippen molar-refractivity contribution in [3.05, 3.63) is 29.3 Å². The molecule has 1 aromatic carbocycles. The van der Waals surface area contributed by atoms with E-state index in [0.29, 0.717) is 0 Å². The van der Waals surface area contributed by atoms with Crippen LogP contribution in [0.4, 0.5) is 0 Å². The SMILES string of the molecule is Cc1cccc(O[Si](C)(C)OCCCC(C)C)c1C. The lowest BCUT2D eigenvalue weighted by Gasteiger charge is -2.25. The highest BCUT2D eigenvalue weighted by Crippen LogP contribution is 2.24. The van der Waals surface area contributed by atoms with Crippen molar-refractivity contribution >= 4 is 8.56 Å². The van der Waals surface area contributed by atoms with Crippen molar-refractivity contribution in [2.24, 2.45) is 5.92 Å². The molecule has 0 aliphatic rings. The first kappa shape index (κ1) is 16.3. The summed E-state index contributed by atoms with van der Waals surface area (Å²) in [7, 11) is -2.07. The van der Waals surface area contributed by atoms with Gasteiger partial charge in [0.1, 0.15) is 5.75 Å². The Morgan fingerprint density at radius 3 is 2.47 bits per heavy atom. The normalized spacial score (nSPS) is 11.9. The minimum absolute atomic E-state index is 0.744. The highest BCUT2D eigenvalue weighted by molar-refractivity contribution is 6.65. The molecule has 0 radical (unpaired) electrons. The third kappa shape index (κ3) is 5.79. The topological polar surface area (TPSA) is 18.5 Å². The van der Waals surface area contributed by atoms with Gasteiger partial charge in [0.05, 0.1) is 0 Å². The molecule has 0 saturated carbocycles. The number of hydrogen-bond donors (Lipinski definition) is 0. The van der Waals surface area contributed by atoms with E-state index in [1.54, 1.807) is 0 Å². The molecule has 2 nitrogen and oxygen atoms in total. The average molecular weight is 280 g/mol. The van der Waals surface area contributed by atoms with E-state index in [-0.39, 0.29) is 0 Å². The molecule has 1 aromatic rings. The Kier molecular flexibility index (Phi) is 6.08. The van der Waals surface area contributed by atoms with Gasteiger partial charge < -0.3 is 8.85 Å². The summed E-state index contributed by atoms with van der Waals surface area (Å²) >= 11 is 0. The van der Waals surface area contributed by atoms with E-state index in [0.717, 1.165) is 24.7 Å². The quantitative estimate of drug-likeness (QED) is 0.526. The molecule has 0 N–H and O–H groups in total. The number of aryl methyl sites for hydroxylation is 1. The molecular weight excluding hydrogens is 252 g/mol. The molecule has 0 aromatic heterocycles. The summed E-state index contributed by atoms with van der Waals surface area (Å²) in [6.45, 7) is 13.7. The Morgan fingerprint density at radius 1 is 1.16 bits per heavy atom. The van der Waals surface area contributed by atoms with E-state index in [4.69, 9.17) is 8.85 Å². The second kappa shape index (κ2) is 7.11. The highest BCUT2D eigenvalue weighted by Gasteiger charge is 2.27. The van der Waals surface area contributed by atoms with Crippen LogP contribution in [0.2, 0.25) is 13.1 Å². The zero-order valence-electron chi connectivity index (χ0n) is 13.2. The molecule has 0 aliphatic carbocycles. The lowest BCUT2D eigenvalue weighted by Crippen LogP contribution is -2.39. The van der Waals surface area contributed by atoms with Crippen LogP contribution in [0.3, 0.4) is 0 Å². The van der Waals surface area contributed by atoms with Crippen molar-refractivity contribution in [2.75, 3.05) is 6.61 Å². The fraction of sp³-hybridized carbons (Fsp3) is 0.625. The van der Waals surface area contributed by atoms with Crippen molar-refractivity contribution in [1.82, 2.24) is 0 Å². The molecule has 0 fully saturated rings. The van der Waals surface area contributed by atoms with Crippen LogP contribution in [-0.4, -0.2) is 15.2 Å². The molecule has 0 aliphatic heterocycles. The van der Waals surface area contributed by atoms with Crippen molar-refractivity contribution < 1.29 is 8.85 Å². The Bertz CT molecular complexity index is 400. The van der Waals surface area contributed by atoms with Gasteiger partial charge >= 0.3 is 8.56 Å². The fourth-order valence-electron chi connectivity index (χ4n) is 1.94. The van der Waals surface area contributed by atoms with Gasteiger partial charge in [-0.25, -0.2) is 0 Å². The van der Waals surface area contributed by atoms with Gasteiger partial charge in [-0.2, -0.15) is 0 Å². The molecule has 0 bridgehead atoms. The number of rotatable bonds is 7. The van der Waals surface area contributed by atoms with Gasteiger partial charge in [-0.1, -0.05) is 26.0 Å². The number of benzene rings is 1. The standard InChI is InChI=1S/C16H28O2Si/c1-13(2)9-8-12-17-19(5,6)18-16-11-7-10-14(3)15(16)4/h7,10-11,13H,8-9,12H2,1-6H3. The van der Waals surface area contributed by atoms with Crippen LogP contribution in [0.15, 0.2) is 18.2 Å². The van der Waals surface area contributed by atoms with E-state index in [9.17, 15) is 0 Å². The molecule has 108 valence electrons. The molecular formula is C16H28O2Si. The van der Waals surface area contributed by atoms with E-state index in [1.807, 2.05) is 12.1 Å². The largest absolute Gasteiger partial charge is 0.520 e. The molecule has 0 heterocycles. The molecule has 0 unspecified atom stereocenters. The Hall–Kier alpha value is -0.803. The highest BCUT2D eigenvalue weighted by atomic mass is 28.4. The second-order valence-electron chi connectivity index (χ2n) is 6.08. The van der Waals surface area contributed by atoms with Crippen LogP contribution < -0.4 is 4.43 Å². The van der Waals surface area contributed by atoms with Crippen molar-refractivity contribution in [1.29, 1.82) is 0 Å². The maximum atomic E-state index is 6.14. The van der Waals surface area contributed by atoms with Crippen molar-refractivity contribution in [2.45, 2.75) is 53.6 Å². The first-order valence-electron chi connectivity index (χ1n) is 7.21. The maximum absolute atomic E-state index is 6.14. The lowest BCUT2D eigenvalue weighted by molar-refractivity contribution is 0.236. The first-order chi connectivity index (χ1) is 8.82. The van der Waals surface area contributed by atoms with Crippen LogP contribution in [0, 0.1) is 19.8 Å². The maximum Gasteiger partial charge on any atom is 0.392 e. The molecule has 1 rings (SSSR count). The van der Waals surface area contributed by atoms with Crippen LogP contribution in [0.1, 0.15) is 37.8 Å². The summed E-state index contributed by atoms with van der Waals surface area (Å²) in [5, 5.41) is 0. The summed E-state index contributed by atoms with van der Waals surface area (Å²) < 4.78 is 12.1. The van der Waals surface area contributed by atoms with Gasteiger partial charge in [-0.15, -0.1) is 0 Å². The minimum Gasteiger partial charge on any atom is -0.520 e. The van der Waals surface area contributed by atoms with Crippen molar-refractivity contribution in [3.8, 4) is 5.75 Å². The van der Waals surface area contributed by atoms with E-state index in [1.165, 1.54) is 17.5 Å². The van der Waals surface area contributed by atoms with E-state index in [2.05, 4.69) is 46.9 Å².